The lowest BCUT2D eigenvalue weighted by Gasteiger charge is -2.13. The van der Waals surface area contributed by atoms with E-state index < -0.39 is 0 Å². The topological polar surface area (TPSA) is 79.8 Å². The van der Waals surface area contributed by atoms with E-state index >= 15 is 0 Å². The quantitative estimate of drug-likeness (QED) is 0.535. The number of hydrogen-bond acceptors (Lipinski definition) is 4. The number of rotatable bonds is 5. The number of carbonyl (C=O) groups is 1. The molecular weight excluding hydrogens is 348 g/mol. The summed E-state index contributed by atoms with van der Waals surface area (Å²) in [6, 6.07) is 9.59. The number of amides is 1. The van der Waals surface area contributed by atoms with Crippen molar-refractivity contribution in [3.63, 3.8) is 0 Å². The molecule has 2 heterocycles. The first-order valence-corrected chi connectivity index (χ1v) is 9.45. The van der Waals surface area contributed by atoms with Crippen LogP contribution in [0.2, 0.25) is 0 Å². The maximum atomic E-state index is 13.0. The normalized spacial score (nSPS) is 11.3. The van der Waals surface area contributed by atoms with E-state index in [1.54, 1.807) is 4.57 Å². The molecule has 0 bridgehead atoms. The Labute approximate surface area is 156 Å². The standard InChI is InChI=1S/C19H22N4O2S/c1-11(2)20-16(24)10-26-19-22-15-9-13(4)21-17(15)18(25)23(19)14-7-5-12(3)6-8-14/h5-9,11,21H,10H2,1-4H3,(H,20,24). The van der Waals surface area contributed by atoms with E-state index in [0.717, 1.165) is 16.9 Å². The molecule has 26 heavy (non-hydrogen) atoms. The van der Waals surface area contributed by atoms with E-state index in [-0.39, 0.29) is 23.3 Å². The van der Waals surface area contributed by atoms with Crippen molar-refractivity contribution in [3.05, 3.63) is 51.9 Å². The second-order valence-corrected chi connectivity index (χ2v) is 7.54. The highest BCUT2D eigenvalue weighted by Crippen LogP contribution is 2.21. The molecule has 0 aliphatic rings. The fourth-order valence-corrected chi connectivity index (χ4v) is 3.51. The zero-order chi connectivity index (χ0) is 18.8. The summed E-state index contributed by atoms with van der Waals surface area (Å²) in [7, 11) is 0. The van der Waals surface area contributed by atoms with E-state index in [4.69, 9.17) is 0 Å². The highest BCUT2D eigenvalue weighted by atomic mass is 32.2. The molecule has 2 N–H and O–H groups in total. The molecule has 0 saturated carbocycles. The molecule has 136 valence electrons. The largest absolute Gasteiger partial charge is 0.353 e. The number of fused-ring (bicyclic) bond motifs is 1. The van der Waals surface area contributed by atoms with Crippen LogP contribution in [0.4, 0.5) is 0 Å². The zero-order valence-corrected chi connectivity index (χ0v) is 16.1. The maximum absolute atomic E-state index is 13.0. The Balaban J connectivity index is 2.07. The summed E-state index contributed by atoms with van der Waals surface area (Å²) in [5.74, 6) is 0.117. The molecule has 1 aromatic carbocycles. The molecule has 3 aromatic rings. The highest BCUT2D eigenvalue weighted by molar-refractivity contribution is 7.99. The summed E-state index contributed by atoms with van der Waals surface area (Å²) in [5.41, 5.74) is 3.63. The third-order valence-corrected chi connectivity index (χ3v) is 4.77. The number of hydrogen-bond donors (Lipinski definition) is 2. The van der Waals surface area contributed by atoms with E-state index in [2.05, 4.69) is 15.3 Å². The first kappa shape index (κ1) is 18.3. The van der Waals surface area contributed by atoms with Crippen LogP contribution in [0.3, 0.4) is 0 Å². The summed E-state index contributed by atoms with van der Waals surface area (Å²) in [4.78, 5) is 32.8. The molecule has 3 rings (SSSR count). The zero-order valence-electron chi connectivity index (χ0n) is 15.3. The van der Waals surface area contributed by atoms with Gasteiger partial charge in [0.05, 0.1) is 17.0 Å². The fraction of sp³-hybridized carbons (Fsp3) is 0.316. The summed E-state index contributed by atoms with van der Waals surface area (Å²) in [6.07, 6.45) is 0. The van der Waals surface area contributed by atoms with Crippen LogP contribution in [-0.4, -0.2) is 32.2 Å². The van der Waals surface area contributed by atoms with Gasteiger partial charge in [-0.3, -0.25) is 14.2 Å². The Morgan fingerprint density at radius 3 is 2.62 bits per heavy atom. The SMILES string of the molecule is Cc1ccc(-n2c(SCC(=O)NC(C)C)nc3cc(C)[nH]c3c2=O)cc1. The molecule has 0 spiro atoms. The molecule has 0 aliphatic carbocycles. The van der Waals surface area contributed by atoms with Gasteiger partial charge in [-0.15, -0.1) is 0 Å². The Bertz CT molecular complexity index is 1000. The van der Waals surface area contributed by atoms with Crippen molar-refractivity contribution in [1.29, 1.82) is 0 Å². The van der Waals surface area contributed by atoms with Crippen molar-refractivity contribution in [2.75, 3.05) is 5.75 Å². The van der Waals surface area contributed by atoms with Crippen LogP contribution in [0.15, 0.2) is 40.3 Å². The van der Waals surface area contributed by atoms with Crippen molar-refractivity contribution < 1.29 is 4.79 Å². The minimum atomic E-state index is -0.168. The molecule has 0 saturated heterocycles. The van der Waals surface area contributed by atoms with Crippen LogP contribution in [-0.2, 0) is 4.79 Å². The van der Waals surface area contributed by atoms with Gasteiger partial charge in [-0.05, 0) is 45.9 Å². The number of nitrogens with one attached hydrogen (secondary N) is 2. The Morgan fingerprint density at radius 2 is 1.96 bits per heavy atom. The fourth-order valence-electron chi connectivity index (χ4n) is 2.69. The lowest BCUT2D eigenvalue weighted by atomic mass is 10.2. The Hall–Kier alpha value is -2.54. The minimum Gasteiger partial charge on any atom is -0.353 e. The molecule has 0 radical (unpaired) electrons. The number of H-pyrrole nitrogens is 1. The van der Waals surface area contributed by atoms with Gasteiger partial charge in [-0.1, -0.05) is 29.5 Å². The molecule has 6 nitrogen and oxygen atoms in total. The number of aryl methyl sites for hydroxylation is 2. The predicted molar refractivity (Wildman–Crippen MR) is 105 cm³/mol. The van der Waals surface area contributed by atoms with Gasteiger partial charge in [0, 0.05) is 11.7 Å². The molecule has 1 amide bonds. The molecule has 0 atom stereocenters. The van der Waals surface area contributed by atoms with Crippen molar-refractivity contribution >= 4 is 28.7 Å². The summed E-state index contributed by atoms with van der Waals surface area (Å²) < 4.78 is 1.56. The van der Waals surface area contributed by atoms with Crippen molar-refractivity contribution in [2.24, 2.45) is 0 Å². The lowest BCUT2D eigenvalue weighted by molar-refractivity contribution is -0.119. The van der Waals surface area contributed by atoms with Gasteiger partial charge in [-0.25, -0.2) is 4.98 Å². The van der Waals surface area contributed by atoms with Gasteiger partial charge in [0.1, 0.15) is 5.52 Å². The van der Waals surface area contributed by atoms with Gasteiger partial charge < -0.3 is 10.3 Å². The number of carbonyl (C=O) groups excluding carboxylic acids is 1. The van der Waals surface area contributed by atoms with Crippen LogP contribution in [0, 0.1) is 13.8 Å². The van der Waals surface area contributed by atoms with Crippen LogP contribution in [0.25, 0.3) is 16.7 Å². The molecule has 2 aromatic heterocycles. The van der Waals surface area contributed by atoms with E-state index in [1.807, 2.05) is 58.0 Å². The highest BCUT2D eigenvalue weighted by Gasteiger charge is 2.16. The third-order valence-electron chi connectivity index (χ3n) is 3.83. The Kier molecular flexibility index (Phi) is 5.18. The van der Waals surface area contributed by atoms with E-state index in [1.165, 1.54) is 11.8 Å². The first-order valence-electron chi connectivity index (χ1n) is 8.46. The monoisotopic (exact) mass is 370 g/mol. The molecule has 0 fully saturated rings. The van der Waals surface area contributed by atoms with Gasteiger partial charge in [0.2, 0.25) is 5.91 Å². The third kappa shape index (κ3) is 3.83. The average Bonchev–Trinajstić information content (AvgIpc) is 2.94. The lowest BCUT2D eigenvalue weighted by Crippen LogP contribution is -2.32. The van der Waals surface area contributed by atoms with Crippen molar-refractivity contribution in [2.45, 2.75) is 38.9 Å². The second kappa shape index (κ2) is 7.37. The van der Waals surface area contributed by atoms with Crippen LogP contribution < -0.4 is 10.9 Å². The van der Waals surface area contributed by atoms with Gasteiger partial charge in [0.15, 0.2) is 5.16 Å². The van der Waals surface area contributed by atoms with Gasteiger partial charge >= 0.3 is 0 Å². The molecule has 7 heteroatoms. The summed E-state index contributed by atoms with van der Waals surface area (Å²) in [6.45, 7) is 7.71. The molecule has 0 unspecified atom stereocenters. The Morgan fingerprint density at radius 1 is 1.27 bits per heavy atom. The summed E-state index contributed by atoms with van der Waals surface area (Å²) >= 11 is 1.26. The van der Waals surface area contributed by atoms with Crippen LogP contribution in [0.5, 0.6) is 0 Å². The number of thioether (sulfide) groups is 1. The van der Waals surface area contributed by atoms with Crippen molar-refractivity contribution in [3.8, 4) is 5.69 Å². The van der Waals surface area contributed by atoms with E-state index in [0.29, 0.717) is 16.2 Å². The van der Waals surface area contributed by atoms with Crippen molar-refractivity contribution in [1.82, 2.24) is 19.9 Å². The second-order valence-electron chi connectivity index (χ2n) is 6.59. The maximum Gasteiger partial charge on any atom is 0.283 e. The predicted octanol–water partition coefficient (Wildman–Crippen LogP) is 2.95. The van der Waals surface area contributed by atoms with E-state index in [9.17, 15) is 9.59 Å². The molecular formula is C19H22N4O2S. The molecule has 0 aliphatic heterocycles. The van der Waals surface area contributed by atoms with Gasteiger partial charge in [-0.2, -0.15) is 0 Å². The minimum absolute atomic E-state index is 0.0742. The number of nitrogens with zero attached hydrogens (tertiary/aromatic N) is 2. The number of benzene rings is 1. The smallest absolute Gasteiger partial charge is 0.283 e. The summed E-state index contributed by atoms with van der Waals surface area (Å²) in [5, 5.41) is 3.36. The van der Waals surface area contributed by atoms with Gasteiger partial charge in [0.25, 0.3) is 5.56 Å². The average molecular weight is 370 g/mol. The first-order chi connectivity index (χ1) is 12.3. The van der Waals surface area contributed by atoms with Crippen LogP contribution >= 0.6 is 11.8 Å². The van der Waals surface area contributed by atoms with Crippen LogP contribution in [0.1, 0.15) is 25.1 Å². The number of aromatic nitrogens is 3. The number of aromatic amines is 1.